The van der Waals surface area contributed by atoms with E-state index < -0.39 is 18.0 Å². The monoisotopic (exact) mass is 397 g/mol. The molecule has 144 valence electrons. The molecule has 1 N–H and O–H groups in total. The van der Waals surface area contributed by atoms with E-state index in [-0.39, 0.29) is 6.61 Å². The highest BCUT2D eigenvalue weighted by atomic mass is 35.5. The van der Waals surface area contributed by atoms with Gasteiger partial charge in [-0.2, -0.15) is 0 Å². The van der Waals surface area contributed by atoms with Crippen LogP contribution in [0.2, 0.25) is 5.02 Å². The van der Waals surface area contributed by atoms with Gasteiger partial charge >= 0.3 is 5.97 Å². The number of hydrogen-bond acceptors (Lipinski definition) is 4. The van der Waals surface area contributed by atoms with Crippen LogP contribution in [-0.2, 0) is 16.1 Å². The number of cyclic esters (lactones) is 1. The number of aromatic nitrogens is 1. The topological polar surface area (TPSA) is 60.7 Å². The lowest BCUT2D eigenvalue weighted by Gasteiger charge is -2.15. The summed E-state index contributed by atoms with van der Waals surface area (Å²) >= 11 is 5.99. The maximum atomic E-state index is 11.7. The summed E-state index contributed by atoms with van der Waals surface area (Å²) in [5.74, 6) is -0.206. The highest BCUT2D eigenvalue weighted by Crippen LogP contribution is 2.39. The van der Waals surface area contributed by atoms with Crippen molar-refractivity contribution in [2.45, 2.75) is 12.6 Å². The average molecular weight is 398 g/mol. The van der Waals surface area contributed by atoms with E-state index in [9.17, 15) is 9.90 Å². The van der Waals surface area contributed by atoms with E-state index >= 15 is 0 Å². The number of fused-ring (bicyclic) bond motifs is 1. The van der Waals surface area contributed by atoms with Gasteiger partial charge in [0.15, 0.2) is 0 Å². The fourth-order valence-electron chi connectivity index (χ4n) is 3.67. The molecule has 1 aliphatic rings. The van der Waals surface area contributed by atoms with Crippen LogP contribution in [0.3, 0.4) is 0 Å². The zero-order valence-electron chi connectivity index (χ0n) is 15.4. The zero-order valence-corrected chi connectivity index (χ0v) is 16.1. The van der Waals surface area contributed by atoms with Crippen molar-refractivity contribution in [1.82, 2.24) is 4.57 Å². The van der Waals surface area contributed by atoms with Gasteiger partial charge in [-0.25, -0.2) is 4.79 Å². The van der Waals surface area contributed by atoms with Gasteiger partial charge in [-0.1, -0.05) is 42.4 Å². The quantitative estimate of drug-likeness (QED) is 0.519. The van der Waals surface area contributed by atoms with Crippen LogP contribution in [0.1, 0.15) is 17.2 Å². The van der Waals surface area contributed by atoms with Crippen molar-refractivity contribution in [2.75, 3.05) is 13.7 Å². The van der Waals surface area contributed by atoms with Crippen LogP contribution in [0.25, 0.3) is 10.9 Å². The summed E-state index contributed by atoms with van der Waals surface area (Å²) in [5, 5.41) is 12.6. The van der Waals surface area contributed by atoms with Gasteiger partial charge in [0.2, 0.25) is 0 Å². The predicted octanol–water partition coefficient (Wildman–Crippen LogP) is 4.11. The summed E-state index contributed by atoms with van der Waals surface area (Å²) in [6.07, 6.45) is 1.00. The molecular weight excluding hydrogens is 378 g/mol. The molecule has 1 aliphatic heterocycles. The van der Waals surface area contributed by atoms with E-state index in [0.29, 0.717) is 28.5 Å². The minimum Gasteiger partial charge on any atom is -0.495 e. The van der Waals surface area contributed by atoms with E-state index in [2.05, 4.69) is 6.58 Å². The predicted molar refractivity (Wildman–Crippen MR) is 108 cm³/mol. The Balaban J connectivity index is 1.80. The summed E-state index contributed by atoms with van der Waals surface area (Å²) in [6, 6.07) is 13.3. The summed E-state index contributed by atoms with van der Waals surface area (Å²) < 4.78 is 12.6. The Labute approximate surface area is 167 Å². The van der Waals surface area contributed by atoms with Gasteiger partial charge in [0.05, 0.1) is 24.6 Å². The molecule has 0 bridgehead atoms. The van der Waals surface area contributed by atoms with Crippen molar-refractivity contribution in [3.05, 3.63) is 77.0 Å². The first-order chi connectivity index (χ1) is 13.5. The van der Waals surface area contributed by atoms with E-state index in [4.69, 9.17) is 21.1 Å². The van der Waals surface area contributed by atoms with Crippen LogP contribution < -0.4 is 4.74 Å². The number of carbonyl (C=O) groups is 1. The summed E-state index contributed by atoms with van der Waals surface area (Å²) in [6.45, 7) is 4.50. The number of hydrogen-bond donors (Lipinski definition) is 1. The van der Waals surface area contributed by atoms with Crippen molar-refractivity contribution >= 4 is 28.5 Å². The number of methoxy groups -OCH3 is 1. The average Bonchev–Trinajstić information content (AvgIpc) is 3.24. The molecule has 2 aromatic carbocycles. The third-order valence-electron chi connectivity index (χ3n) is 5.18. The van der Waals surface area contributed by atoms with Gasteiger partial charge in [0.1, 0.15) is 12.4 Å². The van der Waals surface area contributed by atoms with Crippen molar-refractivity contribution in [3.8, 4) is 5.75 Å². The van der Waals surface area contributed by atoms with Crippen molar-refractivity contribution in [2.24, 2.45) is 5.92 Å². The van der Waals surface area contributed by atoms with E-state index in [1.54, 1.807) is 7.11 Å². The molecule has 4 rings (SSSR count). The third kappa shape index (κ3) is 3.17. The van der Waals surface area contributed by atoms with Crippen molar-refractivity contribution < 1.29 is 19.4 Å². The molecule has 0 amide bonds. The lowest BCUT2D eigenvalue weighted by Crippen LogP contribution is -2.14. The van der Waals surface area contributed by atoms with Gasteiger partial charge < -0.3 is 19.1 Å². The molecule has 2 unspecified atom stereocenters. The standard InChI is InChI=1S/C22H20ClNO4/c1-13-18(12-28-22(13)26)21(25)17-11-24(10-14-6-8-15(23)9-7-14)20-16(17)4-3-5-19(20)27-2/h3-9,11,18,21,25H,1,10,12H2,2H3. The molecule has 1 aromatic heterocycles. The Morgan fingerprint density at radius 2 is 2.07 bits per heavy atom. The molecule has 6 heteroatoms. The number of para-hydroxylation sites is 1. The summed E-state index contributed by atoms with van der Waals surface area (Å²) in [4.78, 5) is 11.7. The first-order valence-electron chi connectivity index (χ1n) is 8.93. The van der Waals surface area contributed by atoms with Crippen LogP contribution in [0.4, 0.5) is 0 Å². The van der Waals surface area contributed by atoms with E-state index in [1.165, 1.54) is 0 Å². The molecule has 28 heavy (non-hydrogen) atoms. The number of esters is 1. The maximum Gasteiger partial charge on any atom is 0.333 e. The van der Waals surface area contributed by atoms with Crippen LogP contribution >= 0.6 is 11.6 Å². The molecule has 0 aliphatic carbocycles. The van der Waals surface area contributed by atoms with Crippen LogP contribution in [0, 0.1) is 5.92 Å². The van der Waals surface area contributed by atoms with E-state index in [1.807, 2.05) is 53.2 Å². The number of aliphatic hydroxyl groups is 1. The second-order valence-corrected chi connectivity index (χ2v) is 7.31. The molecule has 0 spiro atoms. The van der Waals surface area contributed by atoms with Crippen LogP contribution in [0.5, 0.6) is 5.75 Å². The van der Waals surface area contributed by atoms with Gasteiger partial charge in [-0.15, -0.1) is 0 Å². The molecule has 2 heterocycles. The molecule has 0 radical (unpaired) electrons. The number of halogens is 1. The molecule has 3 aromatic rings. The molecule has 5 nitrogen and oxygen atoms in total. The Morgan fingerprint density at radius 1 is 1.32 bits per heavy atom. The smallest absolute Gasteiger partial charge is 0.333 e. The normalized spacial score (nSPS) is 17.8. The summed E-state index contributed by atoms with van der Waals surface area (Å²) in [5.41, 5.74) is 2.96. The third-order valence-corrected chi connectivity index (χ3v) is 5.43. The second kappa shape index (κ2) is 7.34. The fraction of sp³-hybridized carbons (Fsp3) is 0.227. The Hall–Kier alpha value is -2.76. The van der Waals surface area contributed by atoms with E-state index in [0.717, 1.165) is 16.5 Å². The van der Waals surface area contributed by atoms with Gasteiger partial charge in [-0.3, -0.25) is 0 Å². The number of aliphatic hydroxyl groups excluding tert-OH is 1. The Morgan fingerprint density at radius 3 is 2.71 bits per heavy atom. The van der Waals surface area contributed by atoms with Crippen molar-refractivity contribution in [1.29, 1.82) is 0 Å². The molecule has 0 saturated carbocycles. The minimum atomic E-state index is -0.903. The highest BCUT2D eigenvalue weighted by Gasteiger charge is 2.36. The number of benzene rings is 2. The van der Waals surface area contributed by atoms with Crippen LogP contribution in [-0.4, -0.2) is 29.4 Å². The van der Waals surface area contributed by atoms with Gasteiger partial charge in [0.25, 0.3) is 0 Å². The van der Waals surface area contributed by atoms with Gasteiger partial charge in [-0.05, 0) is 23.8 Å². The lowest BCUT2D eigenvalue weighted by atomic mass is 9.92. The van der Waals surface area contributed by atoms with Crippen molar-refractivity contribution in [3.63, 3.8) is 0 Å². The molecular formula is C22H20ClNO4. The van der Waals surface area contributed by atoms with Gasteiger partial charge in [0, 0.05) is 34.3 Å². The first kappa shape index (κ1) is 18.6. The minimum absolute atomic E-state index is 0.132. The Bertz CT molecular complexity index is 1050. The zero-order chi connectivity index (χ0) is 19.8. The largest absolute Gasteiger partial charge is 0.495 e. The van der Waals surface area contributed by atoms with Crippen LogP contribution in [0.15, 0.2) is 60.8 Å². The Kier molecular flexibility index (Phi) is 4.87. The highest BCUT2D eigenvalue weighted by molar-refractivity contribution is 6.30. The molecule has 2 atom stereocenters. The first-order valence-corrected chi connectivity index (χ1v) is 9.31. The second-order valence-electron chi connectivity index (χ2n) is 6.87. The number of carbonyl (C=O) groups excluding carboxylic acids is 1. The molecule has 1 fully saturated rings. The maximum absolute atomic E-state index is 11.7. The molecule has 1 saturated heterocycles. The number of rotatable bonds is 5. The number of nitrogens with zero attached hydrogens (tertiary/aromatic N) is 1. The SMILES string of the molecule is C=C1C(=O)OCC1C(O)c1cn(Cc2ccc(Cl)cc2)c2c(OC)cccc12. The summed E-state index contributed by atoms with van der Waals surface area (Å²) in [7, 11) is 1.62. The fourth-order valence-corrected chi connectivity index (χ4v) is 3.80. The number of ether oxygens (including phenoxy) is 2. The lowest BCUT2D eigenvalue weighted by molar-refractivity contribution is -0.135.